The first kappa shape index (κ1) is 20.7. The number of nitrogens with zero attached hydrogens (tertiary/aromatic N) is 2. The van der Waals surface area contributed by atoms with E-state index in [-0.39, 0.29) is 11.5 Å². The molecule has 1 aromatic heterocycles. The van der Waals surface area contributed by atoms with E-state index in [4.69, 9.17) is 17.0 Å². The van der Waals surface area contributed by atoms with Crippen LogP contribution in [0.4, 0.5) is 0 Å². The Hall–Kier alpha value is -0.880. The number of likely N-dealkylation sites (tertiary alicyclic amines) is 1. The topological polar surface area (TPSA) is 52.2 Å². The number of aliphatic hydroxyl groups is 1. The fourth-order valence-electron chi connectivity index (χ4n) is 7.88. The monoisotopic (exact) mass is 459 g/mol. The van der Waals surface area contributed by atoms with Gasteiger partial charge in [0.05, 0.1) is 16.3 Å². The van der Waals surface area contributed by atoms with Gasteiger partial charge in [0, 0.05) is 18.1 Å². The average molecular weight is 460 g/mol. The van der Waals surface area contributed by atoms with Crippen LogP contribution >= 0.6 is 22.9 Å². The average Bonchev–Trinajstić information content (AvgIpc) is 3.02. The molecule has 7 rings (SSSR count). The summed E-state index contributed by atoms with van der Waals surface area (Å²) in [7, 11) is 0. The molecule has 4 bridgehead atoms. The molecule has 1 aromatic carbocycles. The normalized spacial score (nSPS) is 34.6. The second-order valence-corrected chi connectivity index (χ2v) is 12.6. The van der Waals surface area contributed by atoms with E-state index in [0.29, 0.717) is 10.7 Å². The SMILES string of the molecule is N=c1sc2cc(Cl)ccc2n1CC1CCN(C[C@H](O)C23CC4CC(CC(C4)C2)C3)CC1. The molecule has 4 aliphatic carbocycles. The molecule has 2 heterocycles. The van der Waals surface area contributed by atoms with E-state index in [1.54, 1.807) is 0 Å². The standard InChI is InChI=1S/C25H34ClN3OS/c26-20-1-2-21-22(10-20)31-24(27)29(21)14-16-3-5-28(6-4-16)15-23(30)25-11-17-7-18(12-25)9-19(8-17)13-25/h1-2,10,16-19,23,27,30H,3-9,11-15H2/t17?,18?,19?,23-,25?/m0/s1. The molecule has 0 amide bonds. The van der Waals surface area contributed by atoms with Crippen molar-refractivity contribution in [3.05, 3.63) is 28.0 Å². The summed E-state index contributed by atoms with van der Waals surface area (Å²) in [5.41, 5.74) is 1.37. The van der Waals surface area contributed by atoms with Crippen molar-refractivity contribution in [3.63, 3.8) is 0 Å². The van der Waals surface area contributed by atoms with E-state index in [1.807, 2.05) is 12.1 Å². The van der Waals surface area contributed by atoms with Gasteiger partial charge in [-0.2, -0.15) is 0 Å². The third-order valence-electron chi connectivity index (χ3n) is 9.04. The summed E-state index contributed by atoms with van der Waals surface area (Å²) < 4.78 is 3.27. The van der Waals surface area contributed by atoms with Crippen LogP contribution in [0.15, 0.2) is 18.2 Å². The third kappa shape index (κ3) is 3.80. The number of benzene rings is 1. The summed E-state index contributed by atoms with van der Waals surface area (Å²) in [6.45, 7) is 3.95. The van der Waals surface area contributed by atoms with Gasteiger partial charge in [-0.15, -0.1) is 0 Å². The van der Waals surface area contributed by atoms with Crippen LogP contribution in [-0.2, 0) is 6.54 Å². The highest BCUT2D eigenvalue weighted by Gasteiger charge is 2.54. The van der Waals surface area contributed by atoms with E-state index in [0.717, 1.165) is 72.0 Å². The Kier molecular flexibility index (Phi) is 5.25. The fraction of sp³-hybridized carbons (Fsp3) is 0.720. The second-order valence-electron chi connectivity index (χ2n) is 11.2. The van der Waals surface area contributed by atoms with Crippen LogP contribution in [0, 0.1) is 34.5 Å². The summed E-state index contributed by atoms with van der Waals surface area (Å²) in [6.07, 6.45) is 10.4. The lowest BCUT2D eigenvalue weighted by Crippen LogP contribution is -2.55. The minimum Gasteiger partial charge on any atom is -0.391 e. The minimum atomic E-state index is -0.141. The summed E-state index contributed by atoms with van der Waals surface area (Å²) >= 11 is 7.66. The summed E-state index contributed by atoms with van der Waals surface area (Å²) in [4.78, 5) is 3.15. The van der Waals surface area contributed by atoms with Crippen LogP contribution in [-0.4, -0.2) is 40.3 Å². The highest BCUT2D eigenvalue weighted by Crippen LogP contribution is 2.61. The largest absolute Gasteiger partial charge is 0.391 e. The van der Waals surface area contributed by atoms with Gasteiger partial charge in [0.25, 0.3) is 0 Å². The maximum atomic E-state index is 11.3. The number of fused-ring (bicyclic) bond motifs is 1. The van der Waals surface area contributed by atoms with Crippen LogP contribution in [0.1, 0.15) is 51.4 Å². The Balaban J connectivity index is 1.07. The van der Waals surface area contributed by atoms with Crippen molar-refractivity contribution in [1.29, 1.82) is 5.41 Å². The molecule has 2 N–H and O–H groups in total. The van der Waals surface area contributed by atoms with Crippen molar-refractivity contribution in [2.24, 2.45) is 29.1 Å². The second kappa shape index (κ2) is 7.86. The maximum Gasteiger partial charge on any atom is 0.182 e. The van der Waals surface area contributed by atoms with Gasteiger partial charge in [-0.1, -0.05) is 22.9 Å². The first-order valence-electron chi connectivity index (χ1n) is 12.2. The molecule has 4 saturated carbocycles. The molecule has 1 atom stereocenters. The highest BCUT2D eigenvalue weighted by atomic mass is 35.5. The minimum absolute atomic E-state index is 0.141. The van der Waals surface area contributed by atoms with Crippen LogP contribution in [0.25, 0.3) is 10.2 Å². The number of aliphatic hydroxyl groups excluding tert-OH is 1. The Morgan fingerprint density at radius 1 is 1.10 bits per heavy atom. The van der Waals surface area contributed by atoms with Gasteiger partial charge >= 0.3 is 0 Å². The summed E-state index contributed by atoms with van der Waals surface area (Å²) in [5, 5.41) is 20.5. The quantitative estimate of drug-likeness (QED) is 0.651. The van der Waals surface area contributed by atoms with Crippen molar-refractivity contribution < 1.29 is 5.11 Å². The lowest BCUT2D eigenvalue weighted by Gasteiger charge is -2.59. The van der Waals surface area contributed by atoms with Crippen LogP contribution in [0.3, 0.4) is 0 Å². The number of nitrogens with one attached hydrogen (secondary N) is 1. The van der Waals surface area contributed by atoms with Crippen LogP contribution < -0.4 is 4.80 Å². The summed E-state index contributed by atoms with van der Waals surface area (Å²) in [5.74, 6) is 3.31. The zero-order chi connectivity index (χ0) is 21.2. The molecular formula is C25H34ClN3OS. The zero-order valence-corrected chi connectivity index (χ0v) is 19.8. The van der Waals surface area contributed by atoms with Gasteiger partial charge < -0.3 is 14.6 Å². The number of β-amino-alcohol motifs (C(OH)–C–C–N with tert-alkyl or cyclic N) is 1. The number of hydrogen-bond acceptors (Lipinski definition) is 4. The Labute approximate surface area is 193 Å². The third-order valence-corrected chi connectivity index (χ3v) is 10.2. The fourth-order valence-corrected chi connectivity index (χ4v) is 9.07. The molecule has 0 spiro atoms. The maximum absolute atomic E-state index is 11.3. The molecular weight excluding hydrogens is 426 g/mol. The molecule has 5 fully saturated rings. The van der Waals surface area contributed by atoms with Crippen molar-refractivity contribution in [1.82, 2.24) is 9.47 Å². The molecule has 6 heteroatoms. The number of rotatable bonds is 5. The van der Waals surface area contributed by atoms with Crippen molar-refractivity contribution >= 4 is 33.2 Å². The van der Waals surface area contributed by atoms with Crippen LogP contribution in [0.2, 0.25) is 5.02 Å². The first-order valence-corrected chi connectivity index (χ1v) is 13.4. The predicted molar refractivity (Wildman–Crippen MR) is 126 cm³/mol. The van der Waals surface area contributed by atoms with E-state index in [2.05, 4.69) is 15.5 Å². The Morgan fingerprint density at radius 3 is 2.39 bits per heavy atom. The number of thiazole rings is 1. The number of piperidine rings is 1. The Bertz CT molecular complexity index is 986. The van der Waals surface area contributed by atoms with Crippen LogP contribution in [0.5, 0.6) is 0 Å². The van der Waals surface area contributed by atoms with Gasteiger partial charge in [-0.25, -0.2) is 0 Å². The molecule has 168 valence electrons. The van der Waals surface area contributed by atoms with Gasteiger partial charge in [-0.05, 0) is 112 Å². The van der Waals surface area contributed by atoms with Gasteiger partial charge in [0.15, 0.2) is 4.80 Å². The van der Waals surface area contributed by atoms with E-state index in [9.17, 15) is 5.11 Å². The predicted octanol–water partition coefficient (Wildman–Crippen LogP) is 5.12. The van der Waals surface area contributed by atoms with Crippen molar-refractivity contribution in [2.45, 2.75) is 64.0 Å². The first-order chi connectivity index (χ1) is 15.0. The summed E-state index contributed by atoms with van der Waals surface area (Å²) in [6, 6.07) is 5.97. The molecule has 2 aromatic rings. The van der Waals surface area contributed by atoms with E-state index < -0.39 is 0 Å². The smallest absolute Gasteiger partial charge is 0.182 e. The van der Waals surface area contributed by atoms with E-state index >= 15 is 0 Å². The Morgan fingerprint density at radius 2 is 1.74 bits per heavy atom. The zero-order valence-electron chi connectivity index (χ0n) is 18.2. The van der Waals surface area contributed by atoms with Gasteiger partial charge in [-0.3, -0.25) is 5.41 Å². The molecule has 0 unspecified atom stereocenters. The highest BCUT2D eigenvalue weighted by molar-refractivity contribution is 7.16. The van der Waals surface area contributed by atoms with E-state index in [1.165, 1.54) is 49.9 Å². The van der Waals surface area contributed by atoms with Gasteiger partial charge in [0.1, 0.15) is 0 Å². The van der Waals surface area contributed by atoms with Crippen molar-refractivity contribution in [3.8, 4) is 0 Å². The molecule has 1 saturated heterocycles. The van der Waals surface area contributed by atoms with Gasteiger partial charge in [0.2, 0.25) is 0 Å². The lowest BCUT2D eigenvalue weighted by molar-refractivity contribution is -0.128. The molecule has 4 nitrogen and oxygen atoms in total. The lowest BCUT2D eigenvalue weighted by atomic mass is 9.48. The molecule has 0 radical (unpaired) electrons. The number of halogens is 1. The van der Waals surface area contributed by atoms with Crippen molar-refractivity contribution in [2.75, 3.05) is 19.6 Å². The molecule has 31 heavy (non-hydrogen) atoms. The number of hydrogen-bond donors (Lipinski definition) is 2. The number of aromatic nitrogens is 1. The molecule has 5 aliphatic rings. The molecule has 1 aliphatic heterocycles.